The minimum absolute atomic E-state index is 0.0557. The maximum atomic E-state index is 14.1. The van der Waals surface area contributed by atoms with Crippen molar-refractivity contribution >= 4 is 40.6 Å². The SMILES string of the molecule is C#CCOc1cc(N=c2snc3n2CC(C)(C)S3)c(F)cc1Cl. The number of fused-ring (bicyclic) bond motifs is 1. The third-order valence-electron chi connectivity index (χ3n) is 3.10. The van der Waals surface area contributed by atoms with Gasteiger partial charge in [-0.05, 0) is 19.9 Å². The normalized spacial score (nSPS) is 16.2. The molecule has 8 heteroatoms. The van der Waals surface area contributed by atoms with E-state index in [0.29, 0.717) is 10.6 Å². The Morgan fingerprint density at radius 2 is 2.35 bits per heavy atom. The zero-order valence-electron chi connectivity index (χ0n) is 12.5. The van der Waals surface area contributed by atoms with Crippen molar-refractivity contribution < 1.29 is 9.13 Å². The van der Waals surface area contributed by atoms with Crippen molar-refractivity contribution in [1.82, 2.24) is 8.94 Å². The van der Waals surface area contributed by atoms with E-state index in [-0.39, 0.29) is 22.1 Å². The van der Waals surface area contributed by atoms with Crippen molar-refractivity contribution in [3.8, 4) is 18.1 Å². The Morgan fingerprint density at radius 3 is 3.09 bits per heavy atom. The van der Waals surface area contributed by atoms with Gasteiger partial charge < -0.3 is 4.74 Å². The highest BCUT2D eigenvalue weighted by atomic mass is 35.5. The zero-order chi connectivity index (χ0) is 16.6. The fourth-order valence-corrected chi connectivity index (χ4v) is 4.27. The summed E-state index contributed by atoms with van der Waals surface area (Å²) in [4.78, 5) is 5.03. The van der Waals surface area contributed by atoms with Crippen molar-refractivity contribution in [2.24, 2.45) is 4.99 Å². The molecule has 0 atom stereocenters. The minimum atomic E-state index is -0.518. The van der Waals surface area contributed by atoms with Crippen LogP contribution in [0.5, 0.6) is 5.75 Å². The summed E-state index contributed by atoms with van der Waals surface area (Å²) in [6.07, 6.45) is 5.16. The quantitative estimate of drug-likeness (QED) is 0.771. The molecular formula is C15H13ClFN3OS2. The van der Waals surface area contributed by atoms with E-state index in [2.05, 4.69) is 29.1 Å². The van der Waals surface area contributed by atoms with Gasteiger partial charge in [0.1, 0.15) is 18.0 Å². The van der Waals surface area contributed by atoms with E-state index in [4.69, 9.17) is 22.8 Å². The number of ether oxygens (including phenoxy) is 1. The van der Waals surface area contributed by atoms with Crippen LogP contribution in [0.1, 0.15) is 13.8 Å². The lowest BCUT2D eigenvalue weighted by molar-refractivity contribution is 0.370. The number of terminal acetylenes is 1. The van der Waals surface area contributed by atoms with Gasteiger partial charge in [-0.3, -0.25) is 4.57 Å². The first-order valence-corrected chi connectivity index (χ1v) is 8.72. The molecule has 0 saturated carbocycles. The number of nitrogens with zero attached hydrogens (tertiary/aromatic N) is 3. The Hall–Kier alpha value is -1.49. The Labute approximate surface area is 146 Å². The first kappa shape index (κ1) is 16.4. The van der Waals surface area contributed by atoms with E-state index < -0.39 is 5.82 Å². The van der Waals surface area contributed by atoms with Crippen LogP contribution in [0, 0.1) is 18.2 Å². The van der Waals surface area contributed by atoms with Gasteiger partial charge in [-0.25, -0.2) is 9.38 Å². The smallest absolute Gasteiger partial charge is 0.210 e. The molecule has 0 aliphatic carbocycles. The predicted molar refractivity (Wildman–Crippen MR) is 91.0 cm³/mol. The molecule has 1 aromatic carbocycles. The van der Waals surface area contributed by atoms with Crippen LogP contribution >= 0.6 is 34.9 Å². The molecule has 0 saturated heterocycles. The minimum Gasteiger partial charge on any atom is -0.479 e. The Morgan fingerprint density at radius 1 is 1.57 bits per heavy atom. The van der Waals surface area contributed by atoms with Crippen LogP contribution in [0.25, 0.3) is 0 Å². The number of halogens is 2. The average Bonchev–Trinajstić information content (AvgIpc) is 2.96. The van der Waals surface area contributed by atoms with E-state index in [1.807, 2.05) is 4.57 Å². The summed E-state index contributed by atoms with van der Waals surface area (Å²) in [6.45, 7) is 5.10. The molecule has 3 rings (SSSR count). The van der Waals surface area contributed by atoms with E-state index >= 15 is 0 Å². The second-order valence-electron chi connectivity index (χ2n) is 5.53. The van der Waals surface area contributed by atoms with Gasteiger partial charge in [-0.1, -0.05) is 29.3 Å². The van der Waals surface area contributed by atoms with Crippen LogP contribution in [-0.2, 0) is 6.54 Å². The number of hydrogen-bond donors (Lipinski definition) is 0. The number of benzene rings is 1. The predicted octanol–water partition coefficient (Wildman–Crippen LogP) is 3.87. The van der Waals surface area contributed by atoms with Crippen molar-refractivity contribution in [1.29, 1.82) is 0 Å². The summed E-state index contributed by atoms with van der Waals surface area (Å²) in [7, 11) is 0. The first-order chi connectivity index (χ1) is 10.9. The molecule has 23 heavy (non-hydrogen) atoms. The molecule has 2 heterocycles. The number of thioether (sulfide) groups is 1. The van der Waals surface area contributed by atoms with Crippen molar-refractivity contribution in [2.45, 2.75) is 30.3 Å². The maximum absolute atomic E-state index is 14.1. The van der Waals surface area contributed by atoms with Crippen LogP contribution in [0.3, 0.4) is 0 Å². The summed E-state index contributed by atoms with van der Waals surface area (Å²) in [5.74, 6) is 2.14. The third-order valence-corrected chi connectivity index (χ3v) is 5.43. The number of rotatable bonds is 3. The summed E-state index contributed by atoms with van der Waals surface area (Å²) in [5, 5.41) is 1.06. The van der Waals surface area contributed by atoms with Gasteiger partial charge in [0.25, 0.3) is 0 Å². The highest BCUT2D eigenvalue weighted by Gasteiger charge is 2.31. The molecule has 0 bridgehead atoms. The van der Waals surface area contributed by atoms with Gasteiger partial charge in [-0.15, -0.1) is 6.42 Å². The van der Waals surface area contributed by atoms with Crippen LogP contribution in [-0.4, -0.2) is 20.3 Å². The topological polar surface area (TPSA) is 39.4 Å². The Kier molecular flexibility index (Phi) is 4.41. The Bertz CT molecular complexity index is 867. The lowest BCUT2D eigenvalue weighted by atomic mass is 10.2. The molecule has 120 valence electrons. The third kappa shape index (κ3) is 3.39. The molecule has 0 amide bonds. The fraction of sp³-hybridized carbons (Fsp3) is 0.333. The molecule has 2 aromatic rings. The van der Waals surface area contributed by atoms with Gasteiger partial charge in [0, 0.05) is 28.9 Å². The summed E-state index contributed by atoms with van der Waals surface area (Å²) in [6, 6.07) is 2.63. The highest BCUT2D eigenvalue weighted by molar-refractivity contribution is 8.00. The monoisotopic (exact) mass is 369 g/mol. The van der Waals surface area contributed by atoms with Crippen LogP contribution in [0.15, 0.2) is 22.3 Å². The molecule has 0 unspecified atom stereocenters. The fourth-order valence-electron chi connectivity index (χ4n) is 2.15. The van der Waals surface area contributed by atoms with Gasteiger partial charge in [0.05, 0.1) is 5.02 Å². The van der Waals surface area contributed by atoms with Crippen LogP contribution in [0.2, 0.25) is 5.02 Å². The highest BCUT2D eigenvalue weighted by Crippen LogP contribution is 2.39. The van der Waals surface area contributed by atoms with E-state index in [1.54, 1.807) is 11.8 Å². The lowest BCUT2D eigenvalue weighted by Gasteiger charge is -2.12. The molecule has 1 aliphatic rings. The standard InChI is InChI=1S/C15H13ClFN3OS2/c1-4-5-21-12-7-11(10(17)6-9(12)16)18-13-20-8-15(2,3)22-14(20)19-23-13/h1,6-7H,5,8H2,2-3H3. The van der Waals surface area contributed by atoms with Crippen molar-refractivity contribution in [3.63, 3.8) is 0 Å². The zero-order valence-corrected chi connectivity index (χ0v) is 14.9. The van der Waals surface area contributed by atoms with Gasteiger partial charge in [-0.2, -0.15) is 4.37 Å². The average molecular weight is 370 g/mol. The van der Waals surface area contributed by atoms with Crippen LogP contribution in [0.4, 0.5) is 10.1 Å². The Balaban J connectivity index is 2.03. The first-order valence-electron chi connectivity index (χ1n) is 6.75. The summed E-state index contributed by atoms with van der Waals surface area (Å²) < 4.78 is 25.9. The molecule has 0 spiro atoms. The van der Waals surface area contributed by atoms with Gasteiger partial charge in [0.2, 0.25) is 4.80 Å². The van der Waals surface area contributed by atoms with Gasteiger partial charge in [0.15, 0.2) is 11.0 Å². The van der Waals surface area contributed by atoms with E-state index in [0.717, 1.165) is 11.7 Å². The lowest BCUT2D eigenvalue weighted by Crippen LogP contribution is -2.21. The molecule has 1 aromatic heterocycles. The maximum Gasteiger partial charge on any atom is 0.210 e. The van der Waals surface area contributed by atoms with Crippen LogP contribution < -0.4 is 9.54 Å². The molecule has 4 nitrogen and oxygen atoms in total. The molecule has 1 aliphatic heterocycles. The largest absolute Gasteiger partial charge is 0.479 e. The molecule has 0 N–H and O–H groups in total. The van der Waals surface area contributed by atoms with Crippen molar-refractivity contribution in [3.05, 3.63) is 27.8 Å². The van der Waals surface area contributed by atoms with Crippen molar-refractivity contribution in [2.75, 3.05) is 6.61 Å². The second kappa shape index (κ2) is 6.19. The molecule has 0 radical (unpaired) electrons. The molecular weight excluding hydrogens is 357 g/mol. The summed E-state index contributed by atoms with van der Waals surface area (Å²) >= 11 is 8.88. The number of hydrogen-bond acceptors (Lipinski definition) is 5. The van der Waals surface area contributed by atoms with E-state index in [1.165, 1.54) is 23.7 Å². The number of aromatic nitrogens is 2. The van der Waals surface area contributed by atoms with Gasteiger partial charge >= 0.3 is 0 Å². The van der Waals surface area contributed by atoms with E-state index in [9.17, 15) is 4.39 Å². The second-order valence-corrected chi connectivity index (χ2v) is 8.35. The summed E-state index contributed by atoms with van der Waals surface area (Å²) in [5.41, 5.74) is 0.148. The molecule has 0 fully saturated rings.